The first kappa shape index (κ1) is 19.7. The molecule has 0 fully saturated rings. The van der Waals surface area contributed by atoms with E-state index in [1.165, 1.54) is 12.1 Å². The van der Waals surface area contributed by atoms with Crippen LogP contribution in [0.4, 0.5) is 10.1 Å². The van der Waals surface area contributed by atoms with E-state index < -0.39 is 24.3 Å². The van der Waals surface area contributed by atoms with Crippen LogP contribution in [-0.4, -0.2) is 25.1 Å². The molecule has 0 aromatic heterocycles. The lowest BCUT2D eigenvalue weighted by Crippen LogP contribution is -2.21. The zero-order chi connectivity index (χ0) is 18.9. The van der Waals surface area contributed by atoms with Gasteiger partial charge in [0.25, 0.3) is 5.91 Å². The Kier molecular flexibility index (Phi) is 7.41. The highest BCUT2D eigenvalue weighted by atomic mass is 35.5. The number of halogens is 2. The molecule has 0 aliphatic heterocycles. The largest absolute Gasteiger partial charge is 0.494 e. The number of anilines is 1. The van der Waals surface area contributed by atoms with Gasteiger partial charge in [-0.05, 0) is 43.2 Å². The van der Waals surface area contributed by atoms with Crippen LogP contribution >= 0.6 is 11.6 Å². The van der Waals surface area contributed by atoms with Crippen LogP contribution in [0.15, 0.2) is 42.5 Å². The molecule has 0 atom stereocenters. The van der Waals surface area contributed by atoms with Gasteiger partial charge in [0.05, 0.1) is 12.3 Å². The summed E-state index contributed by atoms with van der Waals surface area (Å²) >= 11 is 5.75. The fraction of sp³-hybridized carbons (Fsp3) is 0.263. The number of amides is 1. The molecule has 26 heavy (non-hydrogen) atoms. The number of para-hydroxylation sites is 1. The van der Waals surface area contributed by atoms with Crippen LogP contribution in [0.2, 0.25) is 5.02 Å². The summed E-state index contributed by atoms with van der Waals surface area (Å²) < 4.78 is 24.0. The summed E-state index contributed by atoms with van der Waals surface area (Å²) in [5, 5.41) is 2.59. The van der Waals surface area contributed by atoms with E-state index in [1.54, 1.807) is 0 Å². The van der Waals surface area contributed by atoms with Gasteiger partial charge in [0.2, 0.25) is 0 Å². The number of nitrogens with one attached hydrogen (secondary N) is 1. The molecule has 0 unspecified atom stereocenters. The fourth-order valence-corrected chi connectivity index (χ4v) is 2.41. The summed E-state index contributed by atoms with van der Waals surface area (Å²) in [6.45, 7) is 1.91. The molecule has 0 radical (unpaired) electrons. The number of carbonyl (C=O) groups excluding carboxylic acids is 2. The lowest BCUT2D eigenvalue weighted by Gasteiger charge is -2.10. The van der Waals surface area contributed by atoms with Crippen LogP contribution in [0.25, 0.3) is 0 Å². The average molecular weight is 380 g/mol. The summed E-state index contributed by atoms with van der Waals surface area (Å²) in [4.78, 5) is 23.6. The van der Waals surface area contributed by atoms with Crippen molar-refractivity contribution in [2.75, 3.05) is 18.5 Å². The second-order valence-corrected chi connectivity index (χ2v) is 5.81. The monoisotopic (exact) mass is 379 g/mol. The van der Waals surface area contributed by atoms with Gasteiger partial charge in [-0.1, -0.05) is 29.8 Å². The Morgan fingerprint density at radius 2 is 1.96 bits per heavy atom. The molecule has 0 aliphatic rings. The zero-order valence-corrected chi connectivity index (χ0v) is 15.0. The van der Waals surface area contributed by atoms with Crippen LogP contribution in [0.5, 0.6) is 5.75 Å². The summed E-state index contributed by atoms with van der Waals surface area (Å²) in [6, 6.07) is 11.2. The van der Waals surface area contributed by atoms with Crippen molar-refractivity contribution in [1.82, 2.24) is 0 Å². The number of hydrogen-bond acceptors (Lipinski definition) is 4. The van der Waals surface area contributed by atoms with E-state index >= 15 is 0 Å². The van der Waals surface area contributed by atoms with Crippen LogP contribution in [0, 0.1) is 5.82 Å². The van der Waals surface area contributed by atoms with E-state index in [9.17, 15) is 14.0 Å². The summed E-state index contributed by atoms with van der Waals surface area (Å²) in [7, 11) is 0. The maximum Gasteiger partial charge on any atom is 0.306 e. The first-order chi connectivity index (χ1) is 12.5. The predicted molar refractivity (Wildman–Crippen MR) is 96.9 cm³/mol. The normalized spacial score (nSPS) is 10.3. The van der Waals surface area contributed by atoms with Gasteiger partial charge in [0.1, 0.15) is 11.6 Å². The number of rotatable bonds is 8. The van der Waals surface area contributed by atoms with Crippen LogP contribution in [0.1, 0.15) is 18.9 Å². The van der Waals surface area contributed by atoms with Crippen LogP contribution in [0.3, 0.4) is 0 Å². The van der Waals surface area contributed by atoms with E-state index in [-0.39, 0.29) is 17.1 Å². The molecule has 1 amide bonds. The van der Waals surface area contributed by atoms with Gasteiger partial charge in [-0.3, -0.25) is 9.59 Å². The van der Waals surface area contributed by atoms with Gasteiger partial charge in [-0.25, -0.2) is 4.39 Å². The third-order valence-electron chi connectivity index (χ3n) is 3.44. The van der Waals surface area contributed by atoms with Crippen molar-refractivity contribution in [3.8, 4) is 5.75 Å². The molecule has 0 saturated carbocycles. The standard InChI is InChI=1S/C19H19ClFNO4/c1-2-25-17-6-4-3-5-13(17)7-10-19(24)26-12-18(23)22-16-11-14(20)8-9-15(16)21/h3-6,8-9,11H,2,7,10,12H2,1H3,(H,22,23). The third-order valence-corrected chi connectivity index (χ3v) is 3.67. The minimum absolute atomic E-state index is 0.0656. The molecule has 0 saturated heterocycles. The Balaban J connectivity index is 1.80. The highest BCUT2D eigenvalue weighted by molar-refractivity contribution is 6.30. The van der Waals surface area contributed by atoms with Gasteiger partial charge in [-0.15, -0.1) is 0 Å². The minimum atomic E-state index is -0.644. The van der Waals surface area contributed by atoms with Crippen LogP contribution in [-0.2, 0) is 20.7 Å². The second kappa shape index (κ2) is 9.77. The number of carbonyl (C=O) groups is 2. The quantitative estimate of drug-likeness (QED) is 0.704. The Morgan fingerprint density at radius 3 is 2.73 bits per heavy atom. The minimum Gasteiger partial charge on any atom is -0.494 e. The summed E-state index contributed by atoms with van der Waals surface area (Å²) in [5.41, 5.74) is 0.820. The fourth-order valence-electron chi connectivity index (χ4n) is 2.24. The molecule has 0 spiro atoms. The van der Waals surface area contributed by atoms with Crippen LogP contribution < -0.4 is 10.1 Å². The predicted octanol–water partition coefficient (Wildman–Crippen LogP) is 3.99. The first-order valence-electron chi connectivity index (χ1n) is 8.10. The molecule has 0 bridgehead atoms. The lowest BCUT2D eigenvalue weighted by atomic mass is 10.1. The Hall–Kier alpha value is -2.60. The topological polar surface area (TPSA) is 64.6 Å². The molecule has 0 aliphatic carbocycles. The molecule has 7 heteroatoms. The van der Waals surface area contributed by atoms with E-state index in [4.69, 9.17) is 21.1 Å². The number of ether oxygens (including phenoxy) is 2. The Morgan fingerprint density at radius 1 is 1.19 bits per heavy atom. The van der Waals surface area contributed by atoms with Gasteiger partial charge in [0, 0.05) is 11.4 Å². The molecule has 2 rings (SSSR count). The van der Waals surface area contributed by atoms with Crippen molar-refractivity contribution >= 4 is 29.2 Å². The molecule has 2 aromatic rings. The first-order valence-corrected chi connectivity index (χ1v) is 8.48. The molecule has 1 N–H and O–H groups in total. The van der Waals surface area contributed by atoms with E-state index in [1.807, 2.05) is 31.2 Å². The van der Waals surface area contributed by atoms with Crippen molar-refractivity contribution < 1.29 is 23.5 Å². The summed E-state index contributed by atoms with van der Waals surface area (Å²) in [5.74, 6) is -1.08. The van der Waals surface area contributed by atoms with Crippen molar-refractivity contribution in [2.24, 2.45) is 0 Å². The SMILES string of the molecule is CCOc1ccccc1CCC(=O)OCC(=O)Nc1cc(Cl)ccc1F. The van der Waals surface area contributed by atoms with Gasteiger partial charge < -0.3 is 14.8 Å². The highest BCUT2D eigenvalue weighted by Gasteiger charge is 2.12. The molecule has 138 valence electrons. The molecular weight excluding hydrogens is 361 g/mol. The lowest BCUT2D eigenvalue weighted by molar-refractivity contribution is -0.147. The van der Waals surface area contributed by atoms with E-state index in [0.717, 1.165) is 17.4 Å². The van der Waals surface area contributed by atoms with Crippen molar-refractivity contribution in [3.05, 3.63) is 58.9 Å². The maximum atomic E-state index is 13.5. The van der Waals surface area contributed by atoms with Crippen molar-refractivity contribution in [2.45, 2.75) is 19.8 Å². The third kappa shape index (κ3) is 6.04. The van der Waals surface area contributed by atoms with Crippen molar-refractivity contribution in [1.29, 1.82) is 0 Å². The Bertz CT molecular complexity index is 782. The van der Waals surface area contributed by atoms with E-state index in [0.29, 0.717) is 13.0 Å². The highest BCUT2D eigenvalue weighted by Crippen LogP contribution is 2.20. The number of aryl methyl sites for hydroxylation is 1. The number of hydrogen-bond donors (Lipinski definition) is 1. The Labute approximate surface area is 156 Å². The smallest absolute Gasteiger partial charge is 0.306 e. The zero-order valence-electron chi connectivity index (χ0n) is 14.3. The maximum absolute atomic E-state index is 13.5. The number of benzene rings is 2. The molecule has 2 aromatic carbocycles. The van der Waals surface area contributed by atoms with Gasteiger partial charge >= 0.3 is 5.97 Å². The molecule has 0 heterocycles. The van der Waals surface area contributed by atoms with Gasteiger partial charge in [-0.2, -0.15) is 0 Å². The van der Waals surface area contributed by atoms with Crippen molar-refractivity contribution in [3.63, 3.8) is 0 Å². The second-order valence-electron chi connectivity index (χ2n) is 5.37. The molecular formula is C19H19ClFNO4. The molecule has 5 nitrogen and oxygen atoms in total. The average Bonchev–Trinajstić information content (AvgIpc) is 2.62. The van der Waals surface area contributed by atoms with Gasteiger partial charge in [0.15, 0.2) is 6.61 Å². The summed E-state index contributed by atoms with van der Waals surface area (Å²) in [6.07, 6.45) is 0.530. The number of esters is 1. The van der Waals surface area contributed by atoms with E-state index in [2.05, 4.69) is 5.32 Å².